The van der Waals surface area contributed by atoms with Gasteiger partial charge in [-0.05, 0) is 92.3 Å². The van der Waals surface area contributed by atoms with Gasteiger partial charge in [-0.3, -0.25) is 9.59 Å². The molecule has 1 heterocycles. The normalized spacial score (nSPS) is 12.9. The van der Waals surface area contributed by atoms with Gasteiger partial charge in [-0.2, -0.15) is 0 Å². The first kappa shape index (κ1) is 27.5. The van der Waals surface area contributed by atoms with E-state index in [9.17, 15) is 9.59 Å². The summed E-state index contributed by atoms with van der Waals surface area (Å²) in [7, 11) is 0. The number of aldehydes is 1. The standard InChI is InChI=1S/C32H35ClN2O3/c1-19(2)25-8-7-9-26(14-25)22(5)34-32(37)27-10-11-31-30(15-27)21(4)23(6)35(31)17-24-12-28(33)16-29(13-24)38-20(3)18-36/h7-16,18-20,22H,17H2,1-6H3,(H,34,37)/t20-,22-/m0/s1. The van der Waals surface area contributed by atoms with Gasteiger partial charge >= 0.3 is 0 Å². The number of carbonyl (C=O) groups is 2. The quantitative estimate of drug-likeness (QED) is 0.227. The molecule has 0 aliphatic carbocycles. The first-order valence-electron chi connectivity index (χ1n) is 13.0. The number of aromatic nitrogens is 1. The average Bonchev–Trinajstić information content (AvgIpc) is 3.12. The van der Waals surface area contributed by atoms with Crippen LogP contribution in [0, 0.1) is 13.8 Å². The summed E-state index contributed by atoms with van der Waals surface area (Å²) in [5, 5.41) is 4.75. The zero-order chi connectivity index (χ0) is 27.6. The van der Waals surface area contributed by atoms with E-state index in [0.717, 1.165) is 39.6 Å². The highest BCUT2D eigenvalue weighted by molar-refractivity contribution is 6.30. The average molecular weight is 531 g/mol. The maximum atomic E-state index is 13.2. The van der Waals surface area contributed by atoms with Crippen LogP contribution in [0.5, 0.6) is 5.75 Å². The van der Waals surface area contributed by atoms with Crippen molar-refractivity contribution in [3.63, 3.8) is 0 Å². The third-order valence-corrected chi connectivity index (χ3v) is 7.33. The molecule has 4 rings (SSSR count). The summed E-state index contributed by atoms with van der Waals surface area (Å²) in [6.07, 6.45) is 0.203. The van der Waals surface area contributed by atoms with E-state index in [4.69, 9.17) is 16.3 Å². The molecule has 1 N–H and O–H groups in total. The molecule has 0 aliphatic rings. The Labute approximate surface area is 229 Å². The fourth-order valence-electron chi connectivity index (χ4n) is 4.75. The van der Waals surface area contributed by atoms with Gasteiger partial charge in [0.2, 0.25) is 0 Å². The summed E-state index contributed by atoms with van der Waals surface area (Å²) in [5.74, 6) is 0.895. The zero-order valence-electron chi connectivity index (χ0n) is 22.8. The number of nitrogens with one attached hydrogen (secondary N) is 1. The largest absolute Gasteiger partial charge is 0.483 e. The van der Waals surface area contributed by atoms with Gasteiger partial charge in [0.05, 0.1) is 6.04 Å². The molecular weight excluding hydrogens is 496 g/mol. The maximum Gasteiger partial charge on any atom is 0.251 e. The van der Waals surface area contributed by atoms with Crippen molar-refractivity contribution >= 4 is 34.7 Å². The van der Waals surface area contributed by atoms with Crippen LogP contribution < -0.4 is 10.1 Å². The van der Waals surface area contributed by atoms with E-state index in [2.05, 4.69) is 55.8 Å². The van der Waals surface area contributed by atoms with Crippen molar-refractivity contribution in [2.45, 2.75) is 66.2 Å². The minimum atomic E-state index is -0.552. The van der Waals surface area contributed by atoms with Gasteiger partial charge in [-0.25, -0.2) is 0 Å². The summed E-state index contributed by atoms with van der Waals surface area (Å²) >= 11 is 6.35. The SMILES string of the molecule is Cc1c(C)n(Cc2cc(Cl)cc(O[C@@H](C)C=O)c2)c2ccc(C(=O)N[C@@H](C)c3cccc(C(C)C)c3)cc12. The predicted octanol–water partition coefficient (Wildman–Crippen LogP) is 7.54. The fraction of sp³-hybridized carbons (Fsp3) is 0.312. The van der Waals surface area contributed by atoms with Crippen molar-refractivity contribution in [1.82, 2.24) is 9.88 Å². The van der Waals surface area contributed by atoms with E-state index in [1.807, 2.05) is 43.3 Å². The Hall–Kier alpha value is -3.57. The van der Waals surface area contributed by atoms with Gasteiger partial charge in [0, 0.05) is 33.7 Å². The molecule has 0 spiro atoms. The third-order valence-electron chi connectivity index (χ3n) is 7.11. The van der Waals surface area contributed by atoms with E-state index in [0.29, 0.717) is 28.8 Å². The first-order valence-corrected chi connectivity index (χ1v) is 13.4. The van der Waals surface area contributed by atoms with Crippen LogP contribution in [-0.2, 0) is 11.3 Å². The molecule has 4 aromatic rings. The predicted molar refractivity (Wildman–Crippen MR) is 155 cm³/mol. The number of benzene rings is 3. The fourth-order valence-corrected chi connectivity index (χ4v) is 5.00. The summed E-state index contributed by atoms with van der Waals surface area (Å²) < 4.78 is 7.88. The smallest absolute Gasteiger partial charge is 0.251 e. The highest BCUT2D eigenvalue weighted by Crippen LogP contribution is 2.29. The number of rotatable bonds is 9. The second-order valence-corrected chi connectivity index (χ2v) is 10.7. The van der Waals surface area contributed by atoms with Gasteiger partial charge in [-0.15, -0.1) is 0 Å². The lowest BCUT2D eigenvalue weighted by Crippen LogP contribution is -2.26. The van der Waals surface area contributed by atoms with Crippen LogP contribution >= 0.6 is 11.6 Å². The van der Waals surface area contributed by atoms with Crippen molar-refractivity contribution < 1.29 is 14.3 Å². The Kier molecular flexibility index (Phi) is 8.27. The molecule has 2 atom stereocenters. The maximum absolute atomic E-state index is 13.2. The number of aryl methyl sites for hydroxylation is 1. The number of carbonyl (C=O) groups excluding carboxylic acids is 2. The van der Waals surface area contributed by atoms with E-state index in [1.165, 1.54) is 5.56 Å². The number of hydrogen-bond donors (Lipinski definition) is 1. The molecular formula is C32H35ClN2O3. The number of hydrogen-bond acceptors (Lipinski definition) is 3. The van der Waals surface area contributed by atoms with Crippen LogP contribution in [-0.4, -0.2) is 22.9 Å². The zero-order valence-corrected chi connectivity index (χ0v) is 23.6. The lowest BCUT2D eigenvalue weighted by Gasteiger charge is -2.17. The van der Waals surface area contributed by atoms with Gasteiger partial charge in [0.25, 0.3) is 5.91 Å². The second kappa shape index (κ2) is 11.4. The van der Waals surface area contributed by atoms with E-state index in [-0.39, 0.29) is 11.9 Å². The topological polar surface area (TPSA) is 60.3 Å². The molecule has 0 saturated heterocycles. The molecule has 1 amide bonds. The van der Waals surface area contributed by atoms with Gasteiger partial charge in [0.1, 0.15) is 5.75 Å². The lowest BCUT2D eigenvalue weighted by molar-refractivity contribution is -0.113. The minimum absolute atomic E-state index is 0.0971. The van der Waals surface area contributed by atoms with Crippen LogP contribution in [0.3, 0.4) is 0 Å². The van der Waals surface area contributed by atoms with Gasteiger partial charge in [0.15, 0.2) is 12.4 Å². The Morgan fingerprint density at radius 3 is 2.45 bits per heavy atom. The van der Waals surface area contributed by atoms with Gasteiger partial charge in [-0.1, -0.05) is 49.7 Å². The number of amides is 1. The molecule has 0 fully saturated rings. The molecule has 0 unspecified atom stereocenters. The van der Waals surface area contributed by atoms with E-state index in [1.54, 1.807) is 13.0 Å². The van der Waals surface area contributed by atoms with Crippen molar-refractivity contribution in [1.29, 1.82) is 0 Å². The highest BCUT2D eigenvalue weighted by Gasteiger charge is 2.17. The molecule has 3 aromatic carbocycles. The van der Waals surface area contributed by atoms with E-state index < -0.39 is 6.10 Å². The molecule has 1 aromatic heterocycles. The molecule has 0 saturated carbocycles. The lowest BCUT2D eigenvalue weighted by atomic mass is 9.98. The molecule has 0 radical (unpaired) electrons. The van der Waals surface area contributed by atoms with Crippen molar-refractivity contribution in [2.75, 3.05) is 0 Å². The van der Waals surface area contributed by atoms with Crippen LogP contribution in [0.15, 0.2) is 60.7 Å². The molecule has 198 valence electrons. The number of nitrogens with zero attached hydrogens (tertiary/aromatic N) is 1. The minimum Gasteiger partial charge on any atom is -0.483 e. The second-order valence-electron chi connectivity index (χ2n) is 10.3. The Balaban J connectivity index is 1.59. The first-order chi connectivity index (χ1) is 18.1. The third kappa shape index (κ3) is 5.94. The van der Waals surface area contributed by atoms with Crippen LogP contribution in [0.1, 0.15) is 78.0 Å². The summed E-state index contributed by atoms with van der Waals surface area (Å²) in [6.45, 7) is 12.8. The Morgan fingerprint density at radius 1 is 1.00 bits per heavy atom. The van der Waals surface area contributed by atoms with E-state index >= 15 is 0 Å². The number of fused-ring (bicyclic) bond motifs is 1. The molecule has 0 aliphatic heterocycles. The highest BCUT2D eigenvalue weighted by atomic mass is 35.5. The summed E-state index contributed by atoms with van der Waals surface area (Å²) in [5.41, 5.74) is 7.22. The number of ether oxygens (including phenoxy) is 1. The van der Waals surface area contributed by atoms with Crippen molar-refractivity contribution in [3.8, 4) is 5.75 Å². The molecule has 38 heavy (non-hydrogen) atoms. The monoisotopic (exact) mass is 530 g/mol. The Bertz CT molecular complexity index is 1490. The van der Waals surface area contributed by atoms with Crippen molar-refractivity contribution in [2.24, 2.45) is 0 Å². The molecule has 6 heteroatoms. The van der Waals surface area contributed by atoms with Crippen LogP contribution in [0.2, 0.25) is 5.02 Å². The molecule has 5 nitrogen and oxygen atoms in total. The molecule has 0 bridgehead atoms. The Morgan fingerprint density at radius 2 is 1.74 bits per heavy atom. The van der Waals surface area contributed by atoms with Gasteiger partial charge < -0.3 is 14.6 Å². The van der Waals surface area contributed by atoms with Crippen LogP contribution in [0.4, 0.5) is 0 Å². The summed E-state index contributed by atoms with van der Waals surface area (Å²) in [6, 6.07) is 19.7. The van der Waals surface area contributed by atoms with Crippen molar-refractivity contribution in [3.05, 3.63) is 99.2 Å². The summed E-state index contributed by atoms with van der Waals surface area (Å²) in [4.78, 5) is 24.2. The number of halogens is 1. The van der Waals surface area contributed by atoms with Crippen LogP contribution in [0.25, 0.3) is 10.9 Å².